The van der Waals surface area contributed by atoms with E-state index in [4.69, 9.17) is 9.47 Å². The molecular weight excluding hydrogens is 486 g/mol. The van der Waals surface area contributed by atoms with Crippen LogP contribution in [0, 0.1) is 11.7 Å². The number of benzene rings is 1. The molecule has 1 aromatic heterocycles. The Morgan fingerprint density at radius 2 is 1.86 bits per heavy atom. The Hall–Kier alpha value is -3.64. The van der Waals surface area contributed by atoms with Crippen molar-refractivity contribution in [2.45, 2.75) is 44.5 Å². The maximum Gasteiger partial charge on any atom is 0.431 e. The molecule has 9 nitrogen and oxygen atoms in total. The third-order valence-corrected chi connectivity index (χ3v) is 6.23. The number of aliphatic carboxylic acids is 1. The Balaban J connectivity index is 1.39. The summed E-state index contributed by atoms with van der Waals surface area (Å²) < 4.78 is 64.6. The van der Waals surface area contributed by atoms with Crippen molar-refractivity contribution in [1.29, 1.82) is 0 Å². The molecule has 1 saturated heterocycles. The predicted octanol–water partition coefficient (Wildman–Crippen LogP) is 3.89. The Kier molecular flexibility index (Phi) is 7.18. The van der Waals surface area contributed by atoms with Crippen LogP contribution < -0.4 is 19.4 Å². The normalized spacial score (nSPS) is 20.9. The summed E-state index contributed by atoms with van der Waals surface area (Å²) in [6.45, 7) is 2.49. The molecule has 0 spiro atoms. The summed E-state index contributed by atoms with van der Waals surface area (Å²) in [5.41, 5.74) is -0.652. The zero-order valence-corrected chi connectivity index (χ0v) is 19.6. The molecule has 3 heterocycles. The zero-order chi connectivity index (χ0) is 26.0. The highest BCUT2D eigenvalue weighted by atomic mass is 19.4. The van der Waals surface area contributed by atoms with E-state index in [0.29, 0.717) is 43.3 Å². The van der Waals surface area contributed by atoms with Gasteiger partial charge in [-0.25, -0.2) is 4.98 Å². The highest BCUT2D eigenvalue weighted by Crippen LogP contribution is 2.37. The molecule has 0 bridgehead atoms. The fourth-order valence-corrected chi connectivity index (χ4v) is 4.36. The molecule has 0 aliphatic carbocycles. The highest BCUT2D eigenvalue weighted by molar-refractivity contribution is 5.95. The average molecular weight is 511 g/mol. The molecule has 1 fully saturated rings. The van der Waals surface area contributed by atoms with Crippen LogP contribution in [0.1, 0.15) is 26.2 Å². The minimum absolute atomic E-state index is 0.115. The van der Waals surface area contributed by atoms with Crippen LogP contribution in [0.25, 0.3) is 0 Å². The van der Waals surface area contributed by atoms with Gasteiger partial charge in [0, 0.05) is 31.8 Å². The van der Waals surface area contributed by atoms with Crippen molar-refractivity contribution in [3.63, 3.8) is 0 Å². The molecule has 194 valence electrons. The second-order valence-corrected chi connectivity index (χ2v) is 8.61. The number of carboxylic acids is 1. The van der Waals surface area contributed by atoms with Gasteiger partial charge in [0.2, 0.25) is 11.8 Å². The molecule has 36 heavy (non-hydrogen) atoms. The maximum atomic E-state index is 13.6. The molecule has 2 atom stereocenters. The molecule has 2 aliphatic heterocycles. The monoisotopic (exact) mass is 511 g/mol. The van der Waals surface area contributed by atoms with E-state index in [9.17, 15) is 27.5 Å². The Bertz CT molecular complexity index is 1120. The predicted molar refractivity (Wildman–Crippen MR) is 122 cm³/mol. The molecule has 2 aromatic rings. The van der Waals surface area contributed by atoms with Gasteiger partial charge < -0.3 is 19.5 Å². The molecule has 0 amide bonds. The van der Waals surface area contributed by atoms with E-state index >= 15 is 0 Å². The van der Waals surface area contributed by atoms with E-state index < -0.39 is 42.1 Å². The van der Waals surface area contributed by atoms with Gasteiger partial charge in [-0.15, -0.1) is 0 Å². The number of hydrogen-bond donors (Lipinski definition) is 1. The summed E-state index contributed by atoms with van der Waals surface area (Å²) >= 11 is 0. The van der Waals surface area contributed by atoms with Crippen molar-refractivity contribution in [3.8, 4) is 11.6 Å². The lowest BCUT2D eigenvalue weighted by atomic mass is 9.94. The van der Waals surface area contributed by atoms with Crippen LogP contribution in [-0.4, -0.2) is 65.3 Å². The van der Waals surface area contributed by atoms with Crippen molar-refractivity contribution >= 4 is 23.3 Å². The highest BCUT2D eigenvalue weighted by Gasteiger charge is 2.48. The second kappa shape index (κ2) is 10.2. The molecule has 0 saturated carbocycles. The lowest BCUT2D eigenvalue weighted by Gasteiger charge is -2.32. The summed E-state index contributed by atoms with van der Waals surface area (Å²) in [5, 5.41) is 14.0. The van der Waals surface area contributed by atoms with E-state index in [1.54, 1.807) is 24.3 Å². The van der Waals surface area contributed by atoms with Crippen LogP contribution in [0.5, 0.6) is 11.6 Å². The first-order valence-electron chi connectivity index (χ1n) is 11.3. The molecule has 1 N–H and O–H groups in total. The van der Waals surface area contributed by atoms with Crippen molar-refractivity contribution in [3.05, 3.63) is 36.3 Å². The standard InChI is InChI=1S/C23H25F4N5O4/c1-13-18(11-19(33)34)32(30-20(13)23(25,26)27)14-3-5-15(6-4-14)36-16-7-9-31(10-8-16)22-28-12-17(24)21(29-22)35-2/h3-6,12-13,16,18H,7-11H2,1-2H3,(H,33,34). The number of halogens is 4. The third kappa shape index (κ3) is 5.44. The number of hydrogen-bond acceptors (Lipinski definition) is 8. The van der Waals surface area contributed by atoms with Crippen LogP contribution >= 0.6 is 0 Å². The van der Waals surface area contributed by atoms with Gasteiger partial charge in [0.1, 0.15) is 17.6 Å². The number of carboxylic acid groups (broad SMARTS) is 1. The molecular formula is C23H25F4N5O4. The molecule has 2 unspecified atom stereocenters. The van der Waals surface area contributed by atoms with E-state index in [1.807, 2.05) is 4.90 Å². The zero-order valence-electron chi connectivity index (χ0n) is 19.6. The van der Waals surface area contributed by atoms with Gasteiger partial charge in [0.25, 0.3) is 5.88 Å². The van der Waals surface area contributed by atoms with Gasteiger partial charge >= 0.3 is 12.1 Å². The average Bonchev–Trinajstić information content (AvgIpc) is 3.16. The Morgan fingerprint density at radius 1 is 1.19 bits per heavy atom. The number of nitrogens with zero attached hydrogens (tertiary/aromatic N) is 5. The lowest BCUT2D eigenvalue weighted by molar-refractivity contribution is -0.137. The third-order valence-electron chi connectivity index (χ3n) is 6.23. The quantitative estimate of drug-likeness (QED) is 0.559. The van der Waals surface area contributed by atoms with Gasteiger partial charge in [-0.05, 0) is 24.3 Å². The van der Waals surface area contributed by atoms with E-state index in [2.05, 4.69) is 15.1 Å². The van der Waals surface area contributed by atoms with Gasteiger partial charge in [-0.1, -0.05) is 6.92 Å². The Labute approximate surface area is 204 Å². The van der Waals surface area contributed by atoms with E-state index in [-0.39, 0.29) is 12.0 Å². The summed E-state index contributed by atoms with van der Waals surface area (Å²) in [4.78, 5) is 21.2. The fourth-order valence-electron chi connectivity index (χ4n) is 4.36. The topological polar surface area (TPSA) is 100 Å². The van der Waals surface area contributed by atoms with Crippen LogP contribution in [0.3, 0.4) is 0 Å². The van der Waals surface area contributed by atoms with E-state index in [1.165, 1.54) is 14.0 Å². The van der Waals surface area contributed by atoms with Crippen molar-refractivity contribution in [1.82, 2.24) is 9.97 Å². The second-order valence-electron chi connectivity index (χ2n) is 8.61. The van der Waals surface area contributed by atoms with Crippen LogP contribution in [0.2, 0.25) is 0 Å². The SMILES string of the molecule is COc1nc(N2CCC(Oc3ccc(N4N=C(C(F)(F)F)C(C)C4CC(=O)O)cc3)CC2)ncc1F. The molecule has 1 aromatic carbocycles. The van der Waals surface area contributed by atoms with Crippen molar-refractivity contribution in [2.24, 2.45) is 11.0 Å². The lowest BCUT2D eigenvalue weighted by Crippen LogP contribution is -2.39. The first-order valence-corrected chi connectivity index (χ1v) is 11.3. The minimum Gasteiger partial charge on any atom is -0.490 e. The van der Waals surface area contributed by atoms with Crippen molar-refractivity contribution in [2.75, 3.05) is 30.1 Å². The summed E-state index contributed by atoms with van der Waals surface area (Å²) in [7, 11) is 1.33. The smallest absolute Gasteiger partial charge is 0.431 e. The maximum absolute atomic E-state index is 13.6. The van der Waals surface area contributed by atoms with Crippen LogP contribution in [0.15, 0.2) is 35.6 Å². The molecule has 2 aliphatic rings. The fraction of sp³-hybridized carbons (Fsp3) is 0.478. The summed E-state index contributed by atoms with van der Waals surface area (Å²) in [6.07, 6.45) is -2.88. The molecule has 0 radical (unpaired) electrons. The molecule has 13 heteroatoms. The number of piperidine rings is 1. The van der Waals surface area contributed by atoms with Gasteiger partial charge in [-0.2, -0.15) is 27.6 Å². The Morgan fingerprint density at radius 3 is 2.44 bits per heavy atom. The minimum atomic E-state index is -4.65. The van der Waals surface area contributed by atoms with Crippen LogP contribution in [0.4, 0.5) is 29.2 Å². The number of ether oxygens (including phenoxy) is 2. The van der Waals surface area contributed by atoms with Gasteiger partial charge in [0.15, 0.2) is 0 Å². The molecule has 4 rings (SSSR count). The van der Waals surface area contributed by atoms with Crippen molar-refractivity contribution < 1.29 is 36.9 Å². The summed E-state index contributed by atoms with van der Waals surface area (Å²) in [6, 6.07) is 5.42. The number of methoxy groups -OCH3 is 1. The largest absolute Gasteiger partial charge is 0.490 e. The van der Waals surface area contributed by atoms with Gasteiger partial charge in [0.05, 0.1) is 31.5 Å². The number of carbonyl (C=O) groups is 1. The number of rotatable bonds is 7. The first kappa shape index (κ1) is 25.5. The number of aromatic nitrogens is 2. The number of hydrazone groups is 1. The van der Waals surface area contributed by atoms with Crippen LogP contribution in [-0.2, 0) is 4.79 Å². The van der Waals surface area contributed by atoms with E-state index in [0.717, 1.165) is 11.2 Å². The number of alkyl halides is 3. The van der Waals surface area contributed by atoms with Gasteiger partial charge in [-0.3, -0.25) is 9.80 Å². The first-order chi connectivity index (χ1) is 17.1. The number of anilines is 2. The summed E-state index contributed by atoms with van der Waals surface area (Å²) in [5.74, 6) is -2.16.